The monoisotopic (exact) mass is 353 g/mol. The summed E-state index contributed by atoms with van der Waals surface area (Å²) in [5.41, 5.74) is 3.39. The molecular formula is C19H23N5O2. The quantitative estimate of drug-likeness (QED) is 0.713. The third kappa shape index (κ3) is 2.99. The van der Waals surface area contributed by atoms with Gasteiger partial charge in [0.2, 0.25) is 5.95 Å². The molecular weight excluding hydrogens is 330 g/mol. The van der Waals surface area contributed by atoms with Gasteiger partial charge in [-0.1, -0.05) is 12.1 Å². The molecule has 0 atom stereocenters. The first-order valence-electron chi connectivity index (χ1n) is 8.99. The van der Waals surface area contributed by atoms with Gasteiger partial charge in [0.05, 0.1) is 17.5 Å². The predicted octanol–water partition coefficient (Wildman–Crippen LogP) is 3.15. The van der Waals surface area contributed by atoms with Crippen LogP contribution in [0.2, 0.25) is 0 Å². The molecule has 26 heavy (non-hydrogen) atoms. The summed E-state index contributed by atoms with van der Waals surface area (Å²) < 4.78 is 11.2. The number of nitrogens with zero attached hydrogens (tertiary/aromatic N) is 5. The van der Waals surface area contributed by atoms with E-state index in [2.05, 4.69) is 26.9 Å². The molecule has 0 saturated carbocycles. The van der Waals surface area contributed by atoms with Gasteiger partial charge in [0, 0.05) is 37.9 Å². The van der Waals surface area contributed by atoms with E-state index in [-0.39, 0.29) is 0 Å². The van der Waals surface area contributed by atoms with Gasteiger partial charge in [0.15, 0.2) is 11.5 Å². The highest BCUT2D eigenvalue weighted by Crippen LogP contribution is 2.34. The first-order valence-corrected chi connectivity index (χ1v) is 8.99. The maximum Gasteiger partial charge on any atom is 0.226 e. The van der Waals surface area contributed by atoms with E-state index < -0.39 is 0 Å². The van der Waals surface area contributed by atoms with Crippen LogP contribution >= 0.6 is 0 Å². The number of anilines is 1. The SMILES string of the molecule is CCN1CCN(c2ncc(-c3onc(C)c3C)c(-c3ccco3)n2)CC1. The van der Waals surface area contributed by atoms with Crippen molar-refractivity contribution in [3.05, 3.63) is 35.9 Å². The summed E-state index contributed by atoms with van der Waals surface area (Å²) in [6.07, 6.45) is 3.47. The first-order chi connectivity index (χ1) is 12.7. The lowest BCUT2D eigenvalue weighted by molar-refractivity contribution is 0.270. The predicted molar refractivity (Wildman–Crippen MR) is 99.0 cm³/mol. The fourth-order valence-corrected chi connectivity index (χ4v) is 3.22. The van der Waals surface area contributed by atoms with Gasteiger partial charge in [-0.25, -0.2) is 9.97 Å². The van der Waals surface area contributed by atoms with Crippen LogP contribution in [0.1, 0.15) is 18.2 Å². The number of furan rings is 1. The molecule has 1 fully saturated rings. The van der Waals surface area contributed by atoms with Crippen LogP contribution in [-0.4, -0.2) is 52.7 Å². The largest absolute Gasteiger partial charge is 0.463 e. The number of aryl methyl sites for hydroxylation is 1. The van der Waals surface area contributed by atoms with Gasteiger partial charge < -0.3 is 18.7 Å². The minimum absolute atomic E-state index is 0.691. The molecule has 1 saturated heterocycles. The van der Waals surface area contributed by atoms with Crippen molar-refractivity contribution in [2.75, 3.05) is 37.6 Å². The van der Waals surface area contributed by atoms with Gasteiger partial charge in [-0.15, -0.1) is 0 Å². The Bertz CT molecular complexity index is 879. The van der Waals surface area contributed by atoms with Crippen molar-refractivity contribution in [3.8, 4) is 22.8 Å². The standard InChI is InChI=1S/C19H23N5O2/c1-4-23-7-9-24(10-8-23)19-20-12-15(18-13(2)14(3)22-26-18)17(21-19)16-6-5-11-25-16/h5-6,11-12H,4,7-10H2,1-3H3. The van der Waals surface area contributed by atoms with Crippen LogP contribution in [-0.2, 0) is 0 Å². The number of rotatable bonds is 4. The number of hydrogen-bond donors (Lipinski definition) is 0. The summed E-state index contributed by atoms with van der Waals surface area (Å²) in [6, 6.07) is 3.77. The summed E-state index contributed by atoms with van der Waals surface area (Å²) in [5.74, 6) is 2.12. The molecule has 0 unspecified atom stereocenters. The van der Waals surface area contributed by atoms with Crippen LogP contribution < -0.4 is 4.90 Å². The number of piperazine rings is 1. The maximum absolute atomic E-state index is 5.63. The van der Waals surface area contributed by atoms with Crippen LogP contribution in [0, 0.1) is 13.8 Å². The van der Waals surface area contributed by atoms with E-state index in [1.807, 2.05) is 32.2 Å². The summed E-state index contributed by atoms with van der Waals surface area (Å²) in [7, 11) is 0. The molecule has 1 aliphatic heterocycles. The van der Waals surface area contributed by atoms with Crippen molar-refractivity contribution in [1.82, 2.24) is 20.0 Å². The number of likely N-dealkylation sites (N-methyl/N-ethyl adjacent to an activating group) is 1. The Morgan fingerprint density at radius 2 is 1.96 bits per heavy atom. The summed E-state index contributed by atoms with van der Waals surface area (Å²) >= 11 is 0. The van der Waals surface area contributed by atoms with Crippen molar-refractivity contribution in [3.63, 3.8) is 0 Å². The van der Waals surface area contributed by atoms with Crippen LogP contribution in [0.15, 0.2) is 33.5 Å². The summed E-state index contributed by atoms with van der Waals surface area (Å²) in [5, 5.41) is 4.07. The Hall–Kier alpha value is -2.67. The topological polar surface area (TPSA) is 71.4 Å². The Morgan fingerprint density at radius 3 is 2.58 bits per heavy atom. The van der Waals surface area contributed by atoms with Gasteiger partial charge in [-0.3, -0.25) is 0 Å². The third-order valence-corrected chi connectivity index (χ3v) is 5.03. The van der Waals surface area contributed by atoms with Crippen LogP contribution in [0.5, 0.6) is 0 Å². The Labute approximate surface area is 152 Å². The van der Waals surface area contributed by atoms with Crippen molar-refractivity contribution in [2.45, 2.75) is 20.8 Å². The maximum atomic E-state index is 5.63. The number of aromatic nitrogens is 3. The molecule has 0 N–H and O–H groups in total. The summed E-state index contributed by atoms with van der Waals surface area (Å²) in [6.45, 7) is 11.1. The highest BCUT2D eigenvalue weighted by Gasteiger charge is 2.23. The van der Waals surface area contributed by atoms with E-state index in [1.165, 1.54) is 0 Å². The summed E-state index contributed by atoms with van der Waals surface area (Å²) in [4.78, 5) is 14.1. The van der Waals surface area contributed by atoms with Gasteiger partial charge in [-0.2, -0.15) is 0 Å². The highest BCUT2D eigenvalue weighted by molar-refractivity contribution is 5.77. The zero-order valence-electron chi connectivity index (χ0n) is 15.4. The zero-order valence-corrected chi connectivity index (χ0v) is 15.4. The van der Waals surface area contributed by atoms with Crippen LogP contribution in [0.4, 0.5) is 5.95 Å². The second-order valence-corrected chi connectivity index (χ2v) is 6.55. The van der Waals surface area contributed by atoms with Gasteiger partial charge in [0.25, 0.3) is 0 Å². The van der Waals surface area contributed by atoms with E-state index in [1.54, 1.807) is 6.26 Å². The average molecular weight is 353 g/mol. The Kier molecular flexibility index (Phi) is 4.46. The lowest BCUT2D eigenvalue weighted by Gasteiger charge is -2.34. The lowest BCUT2D eigenvalue weighted by atomic mass is 10.1. The molecule has 7 heteroatoms. The smallest absolute Gasteiger partial charge is 0.226 e. The van der Waals surface area contributed by atoms with Crippen molar-refractivity contribution < 1.29 is 8.94 Å². The van der Waals surface area contributed by atoms with Gasteiger partial charge >= 0.3 is 0 Å². The lowest BCUT2D eigenvalue weighted by Crippen LogP contribution is -2.46. The molecule has 0 aliphatic carbocycles. The normalized spacial score (nSPS) is 15.6. The highest BCUT2D eigenvalue weighted by atomic mass is 16.5. The first kappa shape index (κ1) is 16.8. The van der Waals surface area contributed by atoms with E-state index in [4.69, 9.17) is 13.9 Å². The second kappa shape index (κ2) is 6.92. The molecule has 0 bridgehead atoms. The molecule has 1 aliphatic rings. The molecule has 0 radical (unpaired) electrons. The Balaban J connectivity index is 1.74. The molecule has 3 aromatic heterocycles. The third-order valence-electron chi connectivity index (χ3n) is 5.03. The van der Waals surface area contributed by atoms with Crippen LogP contribution in [0.25, 0.3) is 22.8 Å². The van der Waals surface area contributed by atoms with E-state index in [9.17, 15) is 0 Å². The molecule has 4 rings (SSSR count). The fourth-order valence-electron chi connectivity index (χ4n) is 3.22. The molecule has 136 valence electrons. The average Bonchev–Trinajstić information content (AvgIpc) is 3.33. The molecule has 4 heterocycles. The van der Waals surface area contributed by atoms with Crippen molar-refractivity contribution in [2.24, 2.45) is 0 Å². The van der Waals surface area contributed by atoms with E-state index >= 15 is 0 Å². The van der Waals surface area contributed by atoms with E-state index in [0.717, 1.165) is 61.2 Å². The van der Waals surface area contributed by atoms with Crippen molar-refractivity contribution in [1.29, 1.82) is 0 Å². The Morgan fingerprint density at radius 1 is 1.15 bits per heavy atom. The number of hydrogen-bond acceptors (Lipinski definition) is 7. The minimum atomic E-state index is 0.691. The van der Waals surface area contributed by atoms with Crippen molar-refractivity contribution >= 4 is 5.95 Å². The zero-order chi connectivity index (χ0) is 18.1. The molecule has 0 amide bonds. The van der Waals surface area contributed by atoms with Gasteiger partial charge in [-0.05, 0) is 32.5 Å². The minimum Gasteiger partial charge on any atom is -0.463 e. The molecule has 7 nitrogen and oxygen atoms in total. The molecule has 3 aromatic rings. The second-order valence-electron chi connectivity index (χ2n) is 6.55. The molecule has 0 spiro atoms. The fraction of sp³-hybridized carbons (Fsp3) is 0.421. The van der Waals surface area contributed by atoms with Gasteiger partial charge in [0.1, 0.15) is 5.69 Å². The van der Waals surface area contributed by atoms with E-state index in [0.29, 0.717) is 11.5 Å². The molecule has 0 aromatic carbocycles. The van der Waals surface area contributed by atoms with Crippen LogP contribution in [0.3, 0.4) is 0 Å².